The highest BCUT2D eigenvalue weighted by Gasteiger charge is 2.26. The average Bonchev–Trinajstić information content (AvgIpc) is 3.09. The van der Waals surface area contributed by atoms with E-state index in [-0.39, 0.29) is 12.6 Å². The van der Waals surface area contributed by atoms with Gasteiger partial charge in [-0.05, 0) is 23.6 Å². The Hall–Kier alpha value is -1.99. The monoisotopic (exact) mass is 357 g/mol. The first-order chi connectivity index (χ1) is 12.8. The fourth-order valence-electron chi connectivity index (χ4n) is 3.28. The van der Waals surface area contributed by atoms with E-state index in [0.717, 1.165) is 29.5 Å². The van der Waals surface area contributed by atoms with Crippen molar-refractivity contribution >= 4 is 6.09 Å². The van der Waals surface area contributed by atoms with Crippen molar-refractivity contribution in [3.63, 3.8) is 0 Å². The molecule has 4 heteroatoms. The highest BCUT2D eigenvalue weighted by Crippen LogP contribution is 2.24. The van der Waals surface area contributed by atoms with Crippen LogP contribution in [0.25, 0.3) is 0 Å². The number of alkyl carbamates (subject to hydrolysis) is 1. The van der Waals surface area contributed by atoms with Gasteiger partial charge in [0.1, 0.15) is 6.61 Å². The minimum absolute atomic E-state index is 0.0929. The van der Waals surface area contributed by atoms with Gasteiger partial charge in [0, 0.05) is 12.0 Å². The number of unbranched alkanes of at least 4 members (excludes halogenated alkanes) is 8. The Balaban J connectivity index is 1.80. The number of nitrogens with one attached hydrogen (secondary N) is 1. The topological polar surface area (TPSA) is 58.6 Å². The molecular formula is C22H31NO3. The van der Waals surface area contributed by atoms with E-state index in [9.17, 15) is 9.90 Å². The molecule has 0 aromatic heterocycles. The number of cyclic esters (lactones) is 1. The predicted octanol–water partition coefficient (Wildman–Crippen LogP) is 4.84. The van der Waals surface area contributed by atoms with Crippen LogP contribution in [0.3, 0.4) is 0 Å². The van der Waals surface area contributed by atoms with Gasteiger partial charge in [-0.3, -0.25) is 0 Å². The molecule has 2 N–H and O–H groups in total. The molecule has 1 fully saturated rings. The summed E-state index contributed by atoms with van der Waals surface area (Å²) in [7, 11) is 0. The summed E-state index contributed by atoms with van der Waals surface area (Å²) in [4.78, 5) is 11.3. The fraction of sp³-hybridized carbons (Fsp3) is 0.591. The normalized spacial score (nSPS) is 15.9. The summed E-state index contributed by atoms with van der Waals surface area (Å²) in [6.45, 7) is 2.44. The van der Waals surface area contributed by atoms with Crippen LogP contribution in [-0.2, 0) is 11.3 Å². The number of amides is 1. The molecule has 1 amide bonds. The summed E-state index contributed by atoms with van der Waals surface area (Å²) >= 11 is 0. The van der Waals surface area contributed by atoms with Crippen molar-refractivity contribution in [3.05, 3.63) is 34.9 Å². The Bertz CT molecular complexity index is 630. The summed E-state index contributed by atoms with van der Waals surface area (Å²) in [6.07, 6.45) is 10.8. The number of aliphatic hydroxyl groups excluding tert-OH is 1. The van der Waals surface area contributed by atoms with Gasteiger partial charge >= 0.3 is 6.09 Å². The number of rotatable bonds is 10. The first kappa shape index (κ1) is 20.3. The SMILES string of the molecule is CCCCCCCCCCC#Cc1cccc([C@H]2COC(=O)N2)c1CO. The standard InChI is InChI=1S/C22H31NO3/c1-2-3-4-5-6-7-8-9-10-11-13-18-14-12-15-19(20(18)16-24)21-17-26-22(25)23-21/h12,14-15,21,24H,2-10,16-17H2,1H3,(H,23,25)/t21-/m1/s1. The third-order valence-corrected chi connectivity index (χ3v) is 4.80. The molecule has 1 heterocycles. The maximum atomic E-state index is 11.3. The van der Waals surface area contributed by atoms with Gasteiger partial charge < -0.3 is 15.2 Å². The zero-order chi connectivity index (χ0) is 18.6. The zero-order valence-electron chi connectivity index (χ0n) is 15.9. The van der Waals surface area contributed by atoms with Crippen LogP contribution < -0.4 is 5.32 Å². The van der Waals surface area contributed by atoms with E-state index in [1.165, 1.54) is 44.9 Å². The predicted molar refractivity (Wildman–Crippen MR) is 104 cm³/mol. The van der Waals surface area contributed by atoms with Crippen LogP contribution >= 0.6 is 0 Å². The third-order valence-electron chi connectivity index (χ3n) is 4.80. The highest BCUT2D eigenvalue weighted by atomic mass is 16.6. The number of aliphatic hydroxyl groups is 1. The minimum atomic E-state index is -0.412. The van der Waals surface area contributed by atoms with Crippen molar-refractivity contribution in [2.45, 2.75) is 77.4 Å². The number of hydrogen-bond donors (Lipinski definition) is 2. The lowest BCUT2D eigenvalue weighted by Crippen LogP contribution is -2.20. The van der Waals surface area contributed by atoms with E-state index < -0.39 is 6.09 Å². The molecule has 1 atom stereocenters. The fourth-order valence-corrected chi connectivity index (χ4v) is 3.28. The Kier molecular flexibility index (Phi) is 9.06. The van der Waals surface area contributed by atoms with Crippen molar-refractivity contribution in [1.29, 1.82) is 0 Å². The molecule has 0 bridgehead atoms. The maximum absolute atomic E-state index is 11.3. The lowest BCUT2D eigenvalue weighted by atomic mass is 9.96. The van der Waals surface area contributed by atoms with Gasteiger partial charge in [0.05, 0.1) is 12.6 Å². The van der Waals surface area contributed by atoms with E-state index in [0.29, 0.717) is 6.61 Å². The van der Waals surface area contributed by atoms with Crippen molar-refractivity contribution in [2.24, 2.45) is 0 Å². The van der Waals surface area contributed by atoms with Crippen molar-refractivity contribution in [3.8, 4) is 11.8 Å². The van der Waals surface area contributed by atoms with Crippen LogP contribution in [0.2, 0.25) is 0 Å². The summed E-state index contributed by atoms with van der Waals surface area (Å²) < 4.78 is 4.96. The lowest BCUT2D eigenvalue weighted by Gasteiger charge is -2.13. The Morgan fingerprint density at radius 1 is 1.15 bits per heavy atom. The van der Waals surface area contributed by atoms with E-state index >= 15 is 0 Å². The Morgan fingerprint density at radius 2 is 1.88 bits per heavy atom. The van der Waals surface area contributed by atoms with Gasteiger partial charge in [-0.25, -0.2) is 4.79 Å². The second-order valence-electron chi connectivity index (χ2n) is 6.85. The number of carbonyl (C=O) groups excluding carboxylic acids is 1. The molecule has 1 aliphatic heterocycles. The van der Waals surface area contributed by atoms with E-state index in [1.807, 2.05) is 18.2 Å². The minimum Gasteiger partial charge on any atom is -0.447 e. The smallest absolute Gasteiger partial charge is 0.407 e. The zero-order valence-corrected chi connectivity index (χ0v) is 15.9. The van der Waals surface area contributed by atoms with Crippen LogP contribution in [-0.4, -0.2) is 17.8 Å². The molecule has 1 saturated heterocycles. The highest BCUT2D eigenvalue weighted by molar-refractivity contribution is 5.70. The van der Waals surface area contributed by atoms with Crippen molar-refractivity contribution in [1.82, 2.24) is 5.32 Å². The molecule has 1 aliphatic rings. The number of benzene rings is 1. The number of hydrogen-bond acceptors (Lipinski definition) is 3. The van der Waals surface area contributed by atoms with Gasteiger partial charge in [-0.15, -0.1) is 0 Å². The van der Waals surface area contributed by atoms with Crippen LogP contribution in [0.5, 0.6) is 0 Å². The number of ether oxygens (including phenoxy) is 1. The third kappa shape index (κ3) is 6.38. The second-order valence-corrected chi connectivity index (χ2v) is 6.85. The molecule has 0 saturated carbocycles. The molecule has 4 nitrogen and oxygen atoms in total. The lowest BCUT2D eigenvalue weighted by molar-refractivity contribution is 0.177. The van der Waals surface area contributed by atoms with Crippen LogP contribution in [0.1, 0.15) is 87.4 Å². The van der Waals surface area contributed by atoms with Crippen molar-refractivity contribution < 1.29 is 14.6 Å². The van der Waals surface area contributed by atoms with Gasteiger partial charge in [0.15, 0.2) is 0 Å². The first-order valence-electron chi connectivity index (χ1n) is 9.91. The molecule has 0 unspecified atom stereocenters. The van der Waals surface area contributed by atoms with Gasteiger partial charge in [0.2, 0.25) is 0 Å². The van der Waals surface area contributed by atoms with E-state index in [4.69, 9.17) is 4.74 Å². The van der Waals surface area contributed by atoms with E-state index in [2.05, 4.69) is 24.1 Å². The molecule has 0 spiro atoms. The van der Waals surface area contributed by atoms with Crippen LogP contribution in [0, 0.1) is 11.8 Å². The first-order valence-corrected chi connectivity index (χ1v) is 9.91. The van der Waals surface area contributed by atoms with E-state index in [1.54, 1.807) is 0 Å². The summed E-state index contributed by atoms with van der Waals surface area (Å²) in [5.41, 5.74) is 2.51. The average molecular weight is 357 g/mol. The molecular weight excluding hydrogens is 326 g/mol. The summed E-state index contributed by atoms with van der Waals surface area (Å²) in [6, 6.07) is 5.54. The largest absolute Gasteiger partial charge is 0.447 e. The maximum Gasteiger partial charge on any atom is 0.407 e. The van der Waals surface area contributed by atoms with Gasteiger partial charge in [0.25, 0.3) is 0 Å². The van der Waals surface area contributed by atoms with Gasteiger partial charge in [-0.2, -0.15) is 0 Å². The van der Waals surface area contributed by atoms with Crippen LogP contribution in [0.4, 0.5) is 4.79 Å². The summed E-state index contributed by atoms with van der Waals surface area (Å²) in [5, 5.41) is 12.5. The quantitative estimate of drug-likeness (QED) is 0.465. The summed E-state index contributed by atoms with van der Waals surface area (Å²) in [5.74, 6) is 6.43. The molecule has 2 rings (SSSR count). The molecule has 26 heavy (non-hydrogen) atoms. The van der Waals surface area contributed by atoms with Gasteiger partial charge in [-0.1, -0.05) is 75.8 Å². The molecule has 0 radical (unpaired) electrons. The molecule has 0 aliphatic carbocycles. The second kappa shape index (κ2) is 11.6. The molecule has 142 valence electrons. The Labute approximate surface area is 157 Å². The van der Waals surface area contributed by atoms with Crippen molar-refractivity contribution in [2.75, 3.05) is 6.61 Å². The van der Waals surface area contributed by atoms with Crippen LogP contribution in [0.15, 0.2) is 18.2 Å². The molecule has 1 aromatic carbocycles. The number of carbonyl (C=O) groups is 1. The molecule has 1 aromatic rings. The Morgan fingerprint density at radius 3 is 2.54 bits per heavy atom.